The van der Waals surface area contributed by atoms with E-state index in [4.69, 9.17) is 0 Å². The predicted octanol–water partition coefficient (Wildman–Crippen LogP) is 1.09. The Morgan fingerprint density at radius 2 is 1.65 bits per heavy atom. The summed E-state index contributed by atoms with van der Waals surface area (Å²) >= 11 is 0. The van der Waals surface area contributed by atoms with Gasteiger partial charge < -0.3 is 5.32 Å². The molecule has 0 aliphatic heterocycles. The summed E-state index contributed by atoms with van der Waals surface area (Å²) in [6.45, 7) is 0. The van der Waals surface area contributed by atoms with Crippen LogP contribution in [-0.4, -0.2) is 23.6 Å². The van der Waals surface area contributed by atoms with E-state index in [-0.39, 0.29) is 6.04 Å². The first-order valence-electron chi connectivity index (χ1n) is 6.42. The third-order valence-electron chi connectivity index (χ3n) is 3.39. The van der Waals surface area contributed by atoms with Gasteiger partial charge in [-0.25, -0.2) is 5.43 Å². The van der Waals surface area contributed by atoms with Gasteiger partial charge in [-0.1, -0.05) is 12.8 Å². The number of nitrogens with one attached hydrogen (secondary N) is 2. The van der Waals surface area contributed by atoms with Gasteiger partial charge in [0.05, 0.1) is 0 Å². The lowest BCUT2D eigenvalue weighted by Crippen LogP contribution is -2.42. The molecule has 0 radical (unpaired) electrons. The summed E-state index contributed by atoms with van der Waals surface area (Å²) in [5, 5.41) is 6.71. The van der Waals surface area contributed by atoms with Crippen LogP contribution in [0.5, 0.6) is 0 Å². The molecule has 5 heteroatoms. The van der Waals surface area contributed by atoms with E-state index in [0.717, 1.165) is 57.1 Å². The van der Waals surface area contributed by atoms with Gasteiger partial charge in [0.2, 0.25) is 0 Å². The number of rotatable bonds is 2. The van der Waals surface area contributed by atoms with Gasteiger partial charge in [0.15, 0.2) is 0 Å². The van der Waals surface area contributed by atoms with Crippen LogP contribution < -0.4 is 10.7 Å². The largest absolute Gasteiger partial charge is 0.345 e. The Balaban J connectivity index is 1.74. The molecule has 0 saturated heterocycles. The summed E-state index contributed by atoms with van der Waals surface area (Å²) in [6, 6.07) is 0.174. The highest BCUT2D eigenvalue weighted by atomic mass is 16.2. The Kier molecular flexibility index (Phi) is 4.12. The molecule has 0 aromatic carbocycles. The molecule has 2 amide bonds. The lowest BCUT2D eigenvalue weighted by molar-refractivity contribution is -0.139. The summed E-state index contributed by atoms with van der Waals surface area (Å²) < 4.78 is 0. The van der Waals surface area contributed by atoms with Crippen LogP contribution in [0.2, 0.25) is 0 Å². The second kappa shape index (κ2) is 5.80. The van der Waals surface area contributed by atoms with Gasteiger partial charge in [-0.05, 0) is 38.5 Å². The van der Waals surface area contributed by atoms with Gasteiger partial charge in [-0.2, -0.15) is 5.10 Å². The van der Waals surface area contributed by atoms with Crippen molar-refractivity contribution >= 4 is 17.5 Å². The van der Waals surface area contributed by atoms with E-state index in [2.05, 4.69) is 15.8 Å². The van der Waals surface area contributed by atoms with Crippen LogP contribution in [-0.2, 0) is 9.59 Å². The zero-order chi connectivity index (χ0) is 12.1. The molecule has 2 saturated carbocycles. The van der Waals surface area contributed by atoms with Crippen LogP contribution in [0.4, 0.5) is 0 Å². The second-order valence-corrected chi connectivity index (χ2v) is 4.78. The zero-order valence-corrected chi connectivity index (χ0v) is 10.00. The number of nitrogens with zero attached hydrogens (tertiary/aromatic N) is 1. The molecule has 0 bridgehead atoms. The highest BCUT2D eigenvalue weighted by Gasteiger charge is 2.21. The Hall–Kier alpha value is -1.39. The van der Waals surface area contributed by atoms with Crippen molar-refractivity contribution in [3.05, 3.63) is 0 Å². The highest BCUT2D eigenvalue weighted by Crippen LogP contribution is 2.17. The van der Waals surface area contributed by atoms with E-state index in [1.165, 1.54) is 0 Å². The van der Waals surface area contributed by atoms with Crippen LogP contribution >= 0.6 is 0 Å². The smallest absolute Gasteiger partial charge is 0.329 e. The average molecular weight is 237 g/mol. The van der Waals surface area contributed by atoms with Gasteiger partial charge in [-0.15, -0.1) is 0 Å². The predicted molar refractivity (Wildman–Crippen MR) is 64.4 cm³/mol. The SMILES string of the molecule is O=C(NN=C1CCCC1)C(=O)NC1CCCC1. The van der Waals surface area contributed by atoms with Crippen molar-refractivity contribution in [3.8, 4) is 0 Å². The first-order chi connectivity index (χ1) is 8.25. The second-order valence-electron chi connectivity index (χ2n) is 4.78. The molecule has 0 aromatic rings. The minimum atomic E-state index is -0.642. The van der Waals surface area contributed by atoms with Gasteiger partial charge in [0.1, 0.15) is 0 Å². The maximum absolute atomic E-state index is 11.5. The van der Waals surface area contributed by atoms with Crippen molar-refractivity contribution in [2.75, 3.05) is 0 Å². The minimum Gasteiger partial charge on any atom is -0.345 e. The molecule has 17 heavy (non-hydrogen) atoms. The molecule has 2 aliphatic carbocycles. The van der Waals surface area contributed by atoms with Crippen molar-refractivity contribution in [1.29, 1.82) is 0 Å². The van der Waals surface area contributed by atoms with E-state index in [9.17, 15) is 9.59 Å². The molecule has 2 fully saturated rings. The number of hydrazone groups is 1. The van der Waals surface area contributed by atoms with Gasteiger partial charge in [0.25, 0.3) is 0 Å². The fourth-order valence-electron chi connectivity index (χ4n) is 2.40. The van der Waals surface area contributed by atoms with E-state index >= 15 is 0 Å². The van der Waals surface area contributed by atoms with Gasteiger partial charge in [-0.3, -0.25) is 9.59 Å². The van der Waals surface area contributed by atoms with Crippen molar-refractivity contribution < 1.29 is 9.59 Å². The van der Waals surface area contributed by atoms with E-state index in [1.807, 2.05) is 0 Å². The number of hydrogen-bond donors (Lipinski definition) is 2. The summed E-state index contributed by atoms with van der Waals surface area (Å²) in [4.78, 5) is 23.0. The topological polar surface area (TPSA) is 70.6 Å². The summed E-state index contributed by atoms with van der Waals surface area (Å²) in [5.41, 5.74) is 3.33. The summed E-state index contributed by atoms with van der Waals surface area (Å²) in [6.07, 6.45) is 8.35. The fourth-order valence-corrected chi connectivity index (χ4v) is 2.40. The molecule has 0 aromatic heterocycles. The van der Waals surface area contributed by atoms with Gasteiger partial charge in [0, 0.05) is 11.8 Å². The normalized spacial score (nSPS) is 20.4. The van der Waals surface area contributed by atoms with Gasteiger partial charge >= 0.3 is 11.8 Å². The summed E-state index contributed by atoms with van der Waals surface area (Å²) in [5.74, 6) is -1.20. The fraction of sp³-hybridized carbons (Fsp3) is 0.750. The molecule has 5 nitrogen and oxygen atoms in total. The molecule has 0 spiro atoms. The standard InChI is InChI=1S/C12H19N3O2/c16-11(13-9-5-1-2-6-9)12(17)15-14-10-7-3-4-8-10/h9H,1-8H2,(H,13,16)(H,15,17). The Labute approximate surface area is 101 Å². The van der Waals surface area contributed by atoms with Crippen molar-refractivity contribution in [1.82, 2.24) is 10.7 Å². The lowest BCUT2D eigenvalue weighted by atomic mass is 10.2. The molecule has 0 atom stereocenters. The number of carbonyl (C=O) groups is 2. The number of carbonyl (C=O) groups excluding carboxylic acids is 2. The van der Waals surface area contributed by atoms with Crippen LogP contribution in [0.1, 0.15) is 51.4 Å². The third kappa shape index (κ3) is 3.54. The third-order valence-corrected chi connectivity index (χ3v) is 3.39. The molecule has 0 heterocycles. The zero-order valence-electron chi connectivity index (χ0n) is 10.00. The minimum absolute atomic E-state index is 0.174. The van der Waals surface area contributed by atoms with E-state index < -0.39 is 11.8 Å². The Morgan fingerprint density at radius 3 is 2.29 bits per heavy atom. The molecule has 2 N–H and O–H groups in total. The van der Waals surface area contributed by atoms with Crippen LogP contribution in [0.3, 0.4) is 0 Å². The van der Waals surface area contributed by atoms with Crippen molar-refractivity contribution in [3.63, 3.8) is 0 Å². The maximum atomic E-state index is 11.5. The van der Waals surface area contributed by atoms with Crippen molar-refractivity contribution in [2.24, 2.45) is 5.10 Å². The van der Waals surface area contributed by atoms with Crippen LogP contribution in [0, 0.1) is 0 Å². The molecular weight excluding hydrogens is 218 g/mol. The lowest BCUT2D eigenvalue weighted by Gasteiger charge is -2.10. The quantitative estimate of drug-likeness (QED) is 0.557. The molecule has 2 rings (SSSR count). The van der Waals surface area contributed by atoms with Crippen LogP contribution in [0.25, 0.3) is 0 Å². The first kappa shape index (κ1) is 12.1. The molecule has 94 valence electrons. The van der Waals surface area contributed by atoms with E-state index in [0.29, 0.717) is 0 Å². The Bertz CT molecular complexity index is 325. The van der Waals surface area contributed by atoms with E-state index in [1.54, 1.807) is 0 Å². The number of amides is 2. The number of hydrogen-bond acceptors (Lipinski definition) is 3. The highest BCUT2D eigenvalue weighted by molar-refractivity contribution is 6.35. The average Bonchev–Trinajstić information content (AvgIpc) is 2.98. The molecule has 0 unspecified atom stereocenters. The molecule has 2 aliphatic rings. The van der Waals surface area contributed by atoms with Crippen LogP contribution in [0.15, 0.2) is 5.10 Å². The van der Waals surface area contributed by atoms with Crippen molar-refractivity contribution in [2.45, 2.75) is 57.4 Å². The first-order valence-corrected chi connectivity index (χ1v) is 6.42. The Morgan fingerprint density at radius 1 is 1.00 bits per heavy atom. The summed E-state index contributed by atoms with van der Waals surface area (Å²) in [7, 11) is 0. The molecular formula is C12H19N3O2. The monoisotopic (exact) mass is 237 g/mol. The maximum Gasteiger partial charge on any atom is 0.329 e.